The molecule has 0 amide bonds. The lowest BCUT2D eigenvalue weighted by Gasteiger charge is -2.40. The maximum absolute atomic E-state index is 11.0. The first kappa shape index (κ1) is 18.7. The molecule has 3 heteroatoms. The first-order chi connectivity index (χ1) is 11.6. The lowest BCUT2D eigenvalue weighted by Crippen LogP contribution is -2.51. The van der Waals surface area contributed by atoms with Crippen molar-refractivity contribution in [3.05, 3.63) is 84.4 Å². The first-order valence-electron chi connectivity index (χ1n) is 8.30. The van der Waals surface area contributed by atoms with Gasteiger partial charge in [-0.2, -0.15) is 0 Å². The number of benzene rings is 2. The van der Waals surface area contributed by atoms with Gasteiger partial charge in [0, 0.05) is 19.1 Å². The van der Waals surface area contributed by atoms with Crippen molar-refractivity contribution in [2.24, 2.45) is 0 Å². The molecule has 0 saturated heterocycles. The van der Waals surface area contributed by atoms with Crippen LogP contribution in [0.15, 0.2) is 73.3 Å². The third kappa shape index (κ3) is 4.94. The number of hydrogen-bond donors (Lipinski definition) is 1. The minimum atomic E-state index is -0.993. The van der Waals surface area contributed by atoms with Gasteiger partial charge in [0.1, 0.15) is 0 Å². The van der Waals surface area contributed by atoms with Crippen molar-refractivity contribution < 1.29 is 5.11 Å². The summed E-state index contributed by atoms with van der Waals surface area (Å²) in [6.45, 7) is 7.32. The van der Waals surface area contributed by atoms with Crippen LogP contribution in [0.2, 0.25) is 0 Å². The van der Waals surface area contributed by atoms with Gasteiger partial charge >= 0.3 is 0 Å². The SMILES string of the molecule is C=CC[C@](O)(CCl)[C@H](C)N(Cc1ccccc1)Cc1ccccc1. The lowest BCUT2D eigenvalue weighted by atomic mass is 9.91. The van der Waals surface area contributed by atoms with Crippen molar-refractivity contribution >= 4 is 11.6 Å². The molecular formula is C21H26ClNO. The highest BCUT2D eigenvalue weighted by molar-refractivity contribution is 6.18. The van der Waals surface area contributed by atoms with E-state index in [1.807, 2.05) is 43.3 Å². The zero-order chi connectivity index (χ0) is 17.4. The fourth-order valence-electron chi connectivity index (χ4n) is 2.89. The van der Waals surface area contributed by atoms with Gasteiger partial charge in [-0.3, -0.25) is 4.90 Å². The smallest absolute Gasteiger partial charge is 0.0968 e. The number of alkyl halides is 1. The van der Waals surface area contributed by atoms with Gasteiger partial charge in [-0.15, -0.1) is 18.2 Å². The highest BCUT2D eigenvalue weighted by atomic mass is 35.5. The van der Waals surface area contributed by atoms with Gasteiger partial charge in [0.15, 0.2) is 0 Å². The number of halogens is 1. The number of nitrogens with zero attached hydrogens (tertiary/aromatic N) is 1. The van der Waals surface area contributed by atoms with E-state index in [2.05, 4.69) is 35.7 Å². The van der Waals surface area contributed by atoms with E-state index < -0.39 is 5.60 Å². The Morgan fingerprint density at radius 3 is 1.88 bits per heavy atom. The predicted octanol–water partition coefficient (Wildman–Crippen LogP) is 4.62. The molecule has 0 aliphatic heterocycles. The van der Waals surface area contributed by atoms with Gasteiger partial charge in [-0.25, -0.2) is 0 Å². The third-order valence-electron chi connectivity index (χ3n) is 4.51. The second-order valence-corrected chi connectivity index (χ2v) is 6.55. The molecule has 0 bridgehead atoms. The van der Waals surface area contributed by atoms with Crippen LogP contribution < -0.4 is 0 Å². The van der Waals surface area contributed by atoms with Crippen molar-refractivity contribution in [2.75, 3.05) is 5.88 Å². The van der Waals surface area contributed by atoms with Crippen LogP contribution in [0.3, 0.4) is 0 Å². The van der Waals surface area contributed by atoms with E-state index in [0.29, 0.717) is 6.42 Å². The minimum Gasteiger partial charge on any atom is -0.387 e. The van der Waals surface area contributed by atoms with Crippen molar-refractivity contribution in [2.45, 2.75) is 38.1 Å². The van der Waals surface area contributed by atoms with Gasteiger partial charge < -0.3 is 5.11 Å². The Balaban J connectivity index is 2.25. The zero-order valence-corrected chi connectivity index (χ0v) is 15.0. The largest absolute Gasteiger partial charge is 0.387 e. The third-order valence-corrected chi connectivity index (χ3v) is 4.97. The van der Waals surface area contributed by atoms with Crippen LogP contribution in [0.4, 0.5) is 0 Å². The summed E-state index contributed by atoms with van der Waals surface area (Å²) in [5.41, 5.74) is 1.44. The molecule has 2 aromatic carbocycles. The molecule has 0 radical (unpaired) electrons. The fourth-order valence-corrected chi connectivity index (χ4v) is 3.22. The maximum Gasteiger partial charge on any atom is 0.0968 e. The molecule has 0 aliphatic rings. The summed E-state index contributed by atoms with van der Waals surface area (Å²) < 4.78 is 0. The van der Waals surface area contributed by atoms with Crippen LogP contribution in [0.5, 0.6) is 0 Å². The fraction of sp³-hybridized carbons (Fsp3) is 0.333. The second-order valence-electron chi connectivity index (χ2n) is 6.28. The Kier molecular flexibility index (Phi) is 7.04. The average molecular weight is 344 g/mol. The van der Waals surface area contributed by atoms with Gasteiger partial charge in [-0.1, -0.05) is 66.7 Å². The second kappa shape index (κ2) is 9.03. The Morgan fingerprint density at radius 2 is 1.50 bits per heavy atom. The molecule has 2 atom stereocenters. The molecule has 128 valence electrons. The number of rotatable bonds is 9. The van der Waals surface area contributed by atoms with E-state index in [-0.39, 0.29) is 11.9 Å². The first-order valence-corrected chi connectivity index (χ1v) is 8.83. The molecular weight excluding hydrogens is 318 g/mol. The monoisotopic (exact) mass is 343 g/mol. The average Bonchev–Trinajstić information content (AvgIpc) is 2.62. The summed E-state index contributed by atoms with van der Waals surface area (Å²) in [5, 5.41) is 11.0. The summed E-state index contributed by atoms with van der Waals surface area (Å²) in [4.78, 5) is 2.27. The zero-order valence-electron chi connectivity index (χ0n) is 14.2. The molecule has 2 rings (SSSR count). The highest BCUT2D eigenvalue weighted by Crippen LogP contribution is 2.26. The molecule has 0 saturated carbocycles. The molecule has 0 heterocycles. The summed E-state index contributed by atoms with van der Waals surface area (Å²) in [5.74, 6) is 0.181. The van der Waals surface area contributed by atoms with E-state index in [1.165, 1.54) is 11.1 Å². The summed E-state index contributed by atoms with van der Waals surface area (Å²) in [6, 6.07) is 20.5. The topological polar surface area (TPSA) is 23.5 Å². The van der Waals surface area contributed by atoms with Crippen LogP contribution in [0.25, 0.3) is 0 Å². The molecule has 0 spiro atoms. The van der Waals surface area contributed by atoms with E-state index in [4.69, 9.17) is 11.6 Å². The Hall–Kier alpha value is -1.61. The minimum absolute atomic E-state index is 0.103. The standard InChI is InChI=1S/C21H26ClNO/c1-3-14-21(24,17-22)18(2)23(15-19-10-6-4-7-11-19)16-20-12-8-5-9-13-20/h3-13,18,24H,1,14-17H2,2H3/t18-,21-/m0/s1. The van der Waals surface area contributed by atoms with E-state index in [0.717, 1.165) is 13.1 Å². The van der Waals surface area contributed by atoms with Crippen molar-refractivity contribution in [3.63, 3.8) is 0 Å². The Morgan fingerprint density at radius 1 is 1.04 bits per heavy atom. The molecule has 0 aliphatic carbocycles. The van der Waals surface area contributed by atoms with Crippen molar-refractivity contribution in [3.8, 4) is 0 Å². The van der Waals surface area contributed by atoms with Crippen molar-refractivity contribution in [1.82, 2.24) is 4.90 Å². The van der Waals surface area contributed by atoms with Gasteiger partial charge in [-0.05, 0) is 24.5 Å². The van der Waals surface area contributed by atoms with Crippen LogP contribution >= 0.6 is 11.6 Å². The quantitative estimate of drug-likeness (QED) is 0.530. The Labute approximate surface area is 150 Å². The predicted molar refractivity (Wildman–Crippen MR) is 102 cm³/mol. The summed E-state index contributed by atoms with van der Waals surface area (Å²) in [7, 11) is 0. The number of hydrogen-bond acceptors (Lipinski definition) is 2. The van der Waals surface area contributed by atoms with Crippen LogP contribution in [0, 0.1) is 0 Å². The normalized spacial score (nSPS) is 15.0. The Bertz CT molecular complexity index is 575. The molecule has 24 heavy (non-hydrogen) atoms. The van der Waals surface area contributed by atoms with Crippen LogP contribution in [-0.2, 0) is 13.1 Å². The molecule has 1 N–H and O–H groups in total. The molecule has 0 aromatic heterocycles. The van der Waals surface area contributed by atoms with E-state index in [1.54, 1.807) is 6.08 Å². The van der Waals surface area contributed by atoms with Gasteiger partial charge in [0.2, 0.25) is 0 Å². The molecule has 2 aromatic rings. The molecule has 0 fully saturated rings. The van der Waals surface area contributed by atoms with Gasteiger partial charge in [0.05, 0.1) is 11.5 Å². The highest BCUT2D eigenvalue weighted by Gasteiger charge is 2.35. The molecule has 2 nitrogen and oxygen atoms in total. The van der Waals surface area contributed by atoms with Gasteiger partial charge in [0.25, 0.3) is 0 Å². The summed E-state index contributed by atoms with van der Waals surface area (Å²) >= 11 is 6.11. The lowest BCUT2D eigenvalue weighted by molar-refractivity contribution is -0.0276. The summed E-state index contributed by atoms with van der Waals surface area (Å²) in [6.07, 6.45) is 2.21. The van der Waals surface area contributed by atoms with Crippen LogP contribution in [-0.4, -0.2) is 27.5 Å². The van der Waals surface area contributed by atoms with E-state index >= 15 is 0 Å². The maximum atomic E-state index is 11.0. The van der Waals surface area contributed by atoms with E-state index in [9.17, 15) is 5.11 Å². The van der Waals surface area contributed by atoms with Crippen LogP contribution in [0.1, 0.15) is 24.5 Å². The van der Waals surface area contributed by atoms with Crippen molar-refractivity contribution in [1.29, 1.82) is 0 Å². The molecule has 0 unspecified atom stereocenters. The number of aliphatic hydroxyl groups is 1.